The summed E-state index contributed by atoms with van der Waals surface area (Å²) in [6, 6.07) is 10.3. The average Bonchev–Trinajstić information content (AvgIpc) is 2.85. The van der Waals surface area contributed by atoms with Gasteiger partial charge in [0.1, 0.15) is 0 Å². The second-order valence-electron chi connectivity index (χ2n) is 7.31. The molecule has 1 aliphatic heterocycles. The summed E-state index contributed by atoms with van der Waals surface area (Å²) < 4.78 is 7.90. The second kappa shape index (κ2) is 6.10. The fourth-order valence-corrected chi connectivity index (χ4v) is 3.42. The molecule has 1 amide bonds. The summed E-state index contributed by atoms with van der Waals surface area (Å²) in [6.07, 6.45) is 0. The van der Waals surface area contributed by atoms with Gasteiger partial charge in [0, 0.05) is 24.5 Å². The van der Waals surface area contributed by atoms with Crippen LogP contribution in [0.1, 0.15) is 41.2 Å². The van der Waals surface area contributed by atoms with Crippen molar-refractivity contribution in [1.82, 2.24) is 9.47 Å². The average molecular weight is 326 g/mol. The molecular formula is C20H26N2O2. The third kappa shape index (κ3) is 3.11. The molecule has 0 saturated carbocycles. The maximum Gasteiger partial charge on any atom is 0.256 e. The van der Waals surface area contributed by atoms with Crippen LogP contribution in [0.15, 0.2) is 30.3 Å². The zero-order chi connectivity index (χ0) is 17.5. The first kappa shape index (κ1) is 16.8. The summed E-state index contributed by atoms with van der Waals surface area (Å²) in [5, 5.41) is 0. The number of carbonyl (C=O) groups is 1. The van der Waals surface area contributed by atoms with E-state index in [4.69, 9.17) is 4.74 Å². The molecule has 1 fully saturated rings. The number of ether oxygens (including phenoxy) is 1. The first-order valence-electron chi connectivity index (χ1n) is 8.48. The summed E-state index contributed by atoms with van der Waals surface area (Å²) in [7, 11) is 0. The van der Waals surface area contributed by atoms with Gasteiger partial charge in [-0.3, -0.25) is 4.79 Å². The Balaban J connectivity index is 2.04. The lowest BCUT2D eigenvalue weighted by Gasteiger charge is -2.38. The first-order valence-corrected chi connectivity index (χ1v) is 8.48. The Morgan fingerprint density at radius 2 is 1.75 bits per heavy atom. The standard InChI is InChI=1S/C20H26N2O2/c1-14-6-9-18(22-15(2)7-8-16(22)3)17(12-14)19(23)21-10-11-24-20(4,5)13-21/h6-9,12H,10-11,13H2,1-5H3. The Bertz CT molecular complexity index is 754. The van der Waals surface area contributed by atoms with Gasteiger partial charge in [-0.25, -0.2) is 0 Å². The van der Waals surface area contributed by atoms with Crippen molar-refractivity contribution in [2.75, 3.05) is 19.7 Å². The SMILES string of the molecule is Cc1ccc(-n2c(C)ccc2C)c(C(=O)N2CCOC(C)(C)C2)c1. The molecule has 1 aliphatic rings. The third-order valence-electron chi connectivity index (χ3n) is 4.61. The second-order valence-corrected chi connectivity index (χ2v) is 7.31. The minimum absolute atomic E-state index is 0.0811. The normalized spacial score (nSPS) is 17.1. The van der Waals surface area contributed by atoms with Gasteiger partial charge in [0.2, 0.25) is 0 Å². The predicted octanol–water partition coefficient (Wildman–Crippen LogP) is 3.65. The van der Waals surface area contributed by atoms with Gasteiger partial charge in [0.15, 0.2) is 0 Å². The molecule has 1 saturated heterocycles. The van der Waals surface area contributed by atoms with Gasteiger partial charge < -0.3 is 14.2 Å². The molecule has 2 aromatic rings. The Kier molecular flexibility index (Phi) is 4.26. The van der Waals surface area contributed by atoms with Crippen LogP contribution in [0.25, 0.3) is 5.69 Å². The monoisotopic (exact) mass is 326 g/mol. The van der Waals surface area contributed by atoms with Crippen molar-refractivity contribution in [2.24, 2.45) is 0 Å². The van der Waals surface area contributed by atoms with Gasteiger partial charge in [-0.15, -0.1) is 0 Å². The lowest BCUT2D eigenvalue weighted by Crippen LogP contribution is -2.50. The number of morpholine rings is 1. The molecule has 0 N–H and O–H groups in total. The van der Waals surface area contributed by atoms with Gasteiger partial charge in [-0.05, 0) is 58.9 Å². The quantitative estimate of drug-likeness (QED) is 0.844. The molecule has 0 bridgehead atoms. The summed E-state index contributed by atoms with van der Waals surface area (Å²) in [6.45, 7) is 12.1. The van der Waals surface area contributed by atoms with Crippen molar-refractivity contribution in [1.29, 1.82) is 0 Å². The fraction of sp³-hybridized carbons (Fsp3) is 0.450. The predicted molar refractivity (Wildman–Crippen MR) is 95.9 cm³/mol. The van der Waals surface area contributed by atoms with Crippen LogP contribution in [0.3, 0.4) is 0 Å². The molecule has 0 aliphatic carbocycles. The molecular weight excluding hydrogens is 300 g/mol. The molecule has 3 rings (SSSR count). The Labute approximate surface area is 144 Å². The lowest BCUT2D eigenvalue weighted by molar-refractivity contribution is -0.0764. The van der Waals surface area contributed by atoms with Gasteiger partial charge in [0.05, 0.1) is 23.5 Å². The van der Waals surface area contributed by atoms with Crippen LogP contribution >= 0.6 is 0 Å². The van der Waals surface area contributed by atoms with Gasteiger partial charge in [-0.2, -0.15) is 0 Å². The van der Waals surface area contributed by atoms with Crippen LogP contribution < -0.4 is 0 Å². The lowest BCUT2D eigenvalue weighted by atomic mass is 10.0. The number of amides is 1. The van der Waals surface area contributed by atoms with Gasteiger partial charge in [0.25, 0.3) is 5.91 Å². The zero-order valence-electron chi connectivity index (χ0n) is 15.2. The highest BCUT2D eigenvalue weighted by Gasteiger charge is 2.31. The van der Waals surface area contributed by atoms with Crippen LogP contribution in [0.4, 0.5) is 0 Å². The van der Waals surface area contributed by atoms with E-state index in [0.29, 0.717) is 19.7 Å². The largest absolute Gasteiger partial charge is 0.372 e. The van der Waals surface area contributed by atoms with Crippen molar-refractivity contribution >= 4 is 5.91 Å². The Morgan fingerprint density at radius 1 is 1.08 bits per heavy atom. The number of aryl methyl sites for hydroxylation is 3. The van der Waals surface area contributed by atoms with E-state index in [0.717, 1.165) is 28.2 Å². The number of aromatic nitrogens is 1. The number of hydrogen-bond acceptors (Lipinski definition) is 2. The van der Waals surface area contributed by atoms with E-state index in [2.05, 4.69) is 36.6 Å². The summed E-state index contributed by atoms with van der Waals surface area (Å²) >= 11 is 0. The van der Waals surface area contributed by atoms with E-state index in [1.807, 2.05) is 37.8 Å². The van der Waals surface area contributed by atoms with Crippen molar-refractivity contribution < 1.29 is 9.53 Å². The van der Waals surface area contributed by atoms with E-state index < -0.39 is 0 Å². The van der Waals surface area contributed by atoms with Crippen LogP contribution in [0.2, 0.25) is 0 Å². The van der Waals surface area contributed by atoms with Crippen LogP contribution in [-0.4, -0.2) is 40.7 Å². The van der Waals surface area contributed by atoms with E-state index in [1.165, 1.54) is 0 Å². The number of rotatable bonds is 2. The molecule has 1 aromatic heterocycles. The summed E-state index contributed by atoms with van der Waals surface area (Å²) in [5.41, 5.74) is 4.78. The van der Waals surface area contributed by atoms with Crippen molar-refractivity contribution in [3.8, 4) is 5.69 Å². The van der Waals surface area contributed by atoms with E-state index in [9.17, 15) is 4.79 Å². The van der Waals surface area contributed by atoms with Crippen LogP contribution in [0.5, 0.6) is 0 Å². The minimum atomic E-state index is -0.294. The van der Waals surface area contributed by atoms with E-state index in [-0.39, 0.29) is 11.5 Å². The summed E-state index contributed by atoms with van der Waals surface area (Å²) in [4.78, 5) is 15.1. The van der Waals surface area contributed by atoms with E-state index >= 15 is 0 Å². The van der Waals surface area contributed by atoms with Gasteiger partial charge in [-0.1, -0.05) is 11.6 Å². The van der Waals surface area contributed by atoms with Crippen molar-refractivity contribution in [3.05, 3.63) is 52.8 Å². The summed E-state index contributed by atoms with van der Waals surface area (Å²) in [5.74, 6) is 0.0811. The fourth-order valence-electron chi connectivity index (χ4n) is 3.42. The number of carbonyl (C=O) groups excluding carboxylic acids is 1. The Morgan fingerprint density at radius 3 is 2.38 bits per heavy atom. The third-order valence-corrected chi connectivity index (χ3v) is 4.61. The maximum absolute atomic E-state index is 13.2. The highest BCUT2D eigenvalue weighted by Crippen LogP contribution is 2.25. The van der Waals surface area contributed by atoms with Crippen LogP contribution in [0, 0.1) is 20.8 Å². The molecule has 4 heteroatoms. The molecule has 128 valence electrons. The number of hydrogen-bond donors (Lipinski definition) is 0. The topological polar surface area (TPSA) is 34.5 Å². The molecule has 0 spiro atoms. The number of benzene rings is 1. The molecule has 0 unspecified atom stereocenters. The molecule has 24 heavy (non-hydrogen) atoms. The van der Waals surface area contributed by atoms with Crippen molar-refractivity contribution in [3.63, 3.8) is 0 Å². The number of nitrogens with zero attached hydrogens (tertiary/aromatic N) is 2. The molecule has 4 nitrogen and oxygen atoms in total. The highest BCUT2D eigenvalue weighted by atomic mass is 16.5. The zero-order valence-corrected chi connectivity index (χ0v) is 15.2. The molecule has 2 heterocycles. The van der Waals surface area contributed by atoms with E-state index in [1.54, 1.807) is 0 Å². The van der Waals surface area contributed by atoms with Gasteiger partial charge >= 0.3 is 0 Å². The minimum Gasteiger partial charge on any atom is -0.372 e. The first-order chi connectivity index (χ1) is 11.3. The van der Waals surface area contributed by atoms with Crippen molar-refractivity contribution in [2.45, 2.75) is 40.2 Å². The smallest absolute Gasteiger partial charge is 0.256 e. The van der Waals surface area contributed by atoms with Crippen LogP contribution in [-0.2, 0) is 4.74 Å². The molecule has 0 radical (unpaired) electrons. The molecule has 0 atom stereocenters. The highest BCUT2D eigenvalue weighted by molar-refractivity contribution is 5.98. The molecule has 1 aromatic carbocycles. The Hall–Kier alpha value is -2.07. The maximum atomic E-state index is 13.2.